The fraction of sp³-hybridized carbons (Fsp3) is 0.438. The molecule has 2 aromatic rings. The highest BCUT2D eigenvalue weighted by Gasteiger charge is 2.23. The molecule has 0 spiro atoms. The number of carbonyl (C=O) groups excluding carboxylic acids is 1. The van der Waals surface area contributed by atoms with Gasteiger partial charge in [0, 0.05) is 6.54 Å². The second-order valence-electron chi connectivity index (χ2n) is 5.23. The number of thioether (sulfide) groups is 1. The minimum Gasteiger partial charge on any atom is -0.465 e. The van der Waals surface area contributed by atoms with Crippen molar-refractivity contribution in [2.45, 2.75) is 48.4 Å². The Bertz CT molecular complexity index is 819. The topological polar surface area (TPSA) is 91.2 Å². The lowest BCUT2D eigenvalue weighted by Gasteiger charge is -2.11. The Hall–Kier alpha value is -1.87. The second kappa shape index (κ2) is 8.48. The summed E-state index contributed by atoms with van der Waals surface area (Å²) in [6.07, 6.45) is 0. The summed E-state index contributed by atoms with van der Waals surface area (Å²) in [5.74, 6) is -0.229. The quantitative estimate of drug-likeness (QED) is 0.510. The molecule has 136 valence electrons. The van der Waals surface area contributed by atoms with Crippen LogP contribution in [0.3, 0.4) is 0 Å². The van der Waals surface area contributed by atoms with Gasteiger partial charge in [0.15, 0.2) is 15.0 Å². The fourth-order valence-electron chi connectivity index (χ4n) is 2.18. The van der Waals surface area contributed by atoms with Crippen molar-refractivity contribution in [2.75, 3.05) is 6.61 Å². The standard InChI is InChI=1S/C16H21N3O4S2/c1-4-19-14(11-25(21,22)13-9-7-6-8-10-13)17-18-16(19)24-12(3)15(20)23-5-2/h6-10,12H,4-5,11H2,1-3H3. The van der Waals surface area contributed by atoms with E-state index in [1.54, 1.807) is 48.7 Å². The number of aromatic nitrogens is 3. The highest BCUT2D eigenvalue weighted by atomic mass is 32.2. The van der Waals surface area contributed by atoms with Gasteiger partial charge in [0.1, 0.15) is 16.8 Å². The van der Waals surface area contributed by atoms with E-state index in [0.717, 1.165) is 0 Å². The fourth-order valence-corrected chi connectivity index (χ4v) is 4.40. The average molecular weight is 383 g/mol. The van der Waals surface area contributed by atoms with Gasteiger partial charge in [-0.15, -0.1) is 10.2 Å². The van der Waals surface area contributed by atoms with Crippen LogP contribution < -0.4 is 0 Å². The third kappa shape index (κ3) is 4.82. The number of esters is 1. The van der Waals surface area contributed by atoms with Crippen LogP contribution in [0.15, 0.2) is 40.4 Å². The summed E-state index contributed by atoms with van der Waals surface area (Å²) < 4.78 is 31.8. The molecule has 0 saturated heterocycles. The zero-order valence-corrected chi connectivity index (χ0v) is 16.0. The Morgan fingerprint density at radius 3 is 2.52 bits per heavy atom. The van der Waals surface area contributed by atoms with E-state index in [-0.39, 0.29) is 16.6 Å². The Morgan fingerprint density at radius 1 is 1.24 bits per heavy atom. The van der Waals surface area contributed by atoms with Crippen molar-refractivity contribution in [3.05, 3.63) is 36.2 Å². The van der Waals surface area contributed by atoms with Crippen molar-refractivity contribution in [2.24, 2.45) is 0 Å². The Labute approximate surface area is 151 Å². The number of ether oxygens (including phenoxy) is 1. The van der Waals surface area contributed by atoms with Crippen LogP contribution in [0.25, 0.3) is 0 Å². The molecule has 0 aliphatic rings. The van der Waals surface area contributed by atoms with Crippen molar-refractivity contribution < 1.29 is 17.9 Å². The lowest BCUT2D eigenvalue weighted by molar-refractivity contribution is -0.142. The zero-order chi connectivity index (χ0) is 18.4. The van der Waals surface area contributed by atoms with Crippen LogP contribution in [0.4, 0.5) is 0 Å². The van der Waals surface area contributed by atoms with Gasteiger partial charge in [0.25, 0.3) is 0 Å². The number of hydrogen-bond acceptors (Lipinski definition) is 7. The number of benzene rings is 1. The molecule has 7 nitrogen and oxygen atoms in total. The molecular formula is C16H21N3O4S2. The van der Waals surface area contributed by atoms with E-state index < -0.39 is 15.1 Å². The highest BCUT2D eigenvalue weighted by Crippen LogP contribution is 2.24. The van der Waals surface area contributed by atoms with Crippen molar-refractivity contribution in [3.8, 4) is 0 Å². The first kappa shape index (κ1) is 19.5. The largest absolute Gasteiger partial charge is 0.465 e. The van der Waals surface area contributed by atoms with Gasteiger partial charge in [-0.1, -0.05) is 30.0 Å². The summed E-state index contributed by atoms with van der Waals surface area (Å²) in [4.78, 5) is 12.0. The molecule has 0 fully saturated rings. The average Bonchev–Trinajstić information content (AvgIpc) is 2.96. The molecule has 0 aliphatic carbocycles. The minimum atomic E-state index is -3.51. The van der Waals surface area contributed by atoms with Gasteiger partial charge in [0.2, 0.25) is 0 Å². The van der Waals surface area contributed by atoms with Gasteiger partial charge >= 0.3 is 5.97 Å². The molecule has 0 saturated carbocycles. The zero-order valence-electron chi connectivity index (χ0n) is 14.4. The van der Waals surface area contributed by atoms with Crippen LogP contribution in [0.5, 0.6) is 0 Å². The first-order valence-corrected chi connectivity index (χ1v) is 10.4. The smallest absolute Gasteiger partial charge is 0.319 e. The Kier molecular flexibility index (Phi) is 6.60. The molecule has 25 heavy (non-hydrogen) atoms. The number of carbonyl (C=O) groups is 1. The van der Waals surface area contributed by atoms with Gasteiger partial charge in [-0.05, 0) is 32.9 Å². The van der Waals surface area contributed by atoms with Crippen molar-refractivity contribution in [3.63, 3.8) is 0 Å². The van der Waals surface area contributed by atoms with Gasteiger partial charge in [0.05, 0.1) is 11.5 Å². The normalized spacial score (nSPS) is 12.8. The molecule has 9 heteroatoms. The number of hydrogen-bond donors (Lipinski definition) is 0. The van der Waals surface area contributed by atoms with Crippen LogP contribution in [-0.4, -0.2) is 41.0 Å². The van der Waals surface area contributed by atoms with Crippen LogP contribution in [0, 0.1) is 0 Å². The molecule has 0 bridgehead atoms. The lowest BCUT2D eigenvalue weighted by Crippen LogP contribution is -2.18. The van der Waals surface area contributed by atoms with Crippen molar-refractivity contribution >= 4 is 27.6 Å². The second-order valence-corrected chi connectivity index (χ2v) is 8.52. The van der Waals surface area contributed by atoms with E-state index in [9.17, 15) is 13.2 Å². The molecule has 0 aliphatic heterocycles. The highest BCUT2D eigenvalue weighted by molar-refractivity contribution is 8.00. The lowest BCUT2D eigenvalue weighted by atomic mass is 10.4. The summed E-state index contributed by atoms with van der Waals surface area (Å²) in [5.41, 5.74) is 0. The summed E-state index contributed by atoms with van der Waals surface area (Å²) in [7, 11) is -3.51. The Balaban J connectivity index is 2.21. The molecule has 2 rings (SSSR count). The molecule has 1 atom stereocenters. The summed E-state index contributed by atoms with van der Waals surface area (Å²) in [5, 5.41) is 8.12. The number of rotatable bonds is 8. The van der Waals surface area contributed by atoms with E-state index in [1.165, 1.54) is 11.8 Å². The van der Waals surface area contributed by atoms with E-state index in [0.29, 0.717) is 24.1 Å². The molecule has 1 unspecified atom stereocenters. The summed E-state index contributed by atoms with van der Waals surface area (Å²) in [6.45, 7) is 6.16. The van der Waals surface area contributed by atoms with Gasteiger partial charge in [-0.2, -0.15) is 0 Å². The predicted molar refractivity (Wildman–Crippen MR) is 95.0 cm³/mol. The van der Waals surface area contributed by atoms with Crippen molar-refractivity contribution in [1.82, 2.24) is 14.8 Å². The van der Waals surface area contributed by atoms with Crippen molar-refractivity contribution in [1.29, 1.82) is 0 Å². The molecule has 1 aromatic heterocycles. The number of nitrogens with zero attached hydrogens (tertiary/aromatic N) is 3. The number of sulfone groups is 1. The first-order chi connectivity index (χ1) is 11.9. The third-order valence-corrected chi connectivity index (χ3v) is 6.12. The monoisotopic (exact) mass is 383 g/mol. The summed E-state index contributed by atoms with van der Waals surface area (Å²) >= 11 is 1.21. The van der Waals surface area contributed by atoms with Crippen LogP contribution in [0.1, 0.15) is 26.6 Å². The maximum atomic E-state index is 12.5. The Morgan fingerprint density at radius 2 is 1.92 bits per heavy atom. The molecule has 1 heterocycles. The maximum Gasteiger partial charge on any atom is 0.319 e. The minimum absolute atomic E-state index is 0.244. The first-order valence-electron chi connectivity index (χ1n) is 7.92. The maximum absolute atomic E-state index is 12.5. The van der Waals surface area contributed by atoms with Crippen LogP contribution >= 0.6 is 11.8 Å². The van der Waals surface area contributed by atoms with E-state index in [4.69, 9.17) is 4.74 Å². The van der Waals surface area contributed by atoms with Gasteiger partial charge < -0.3 is 9.30 Å². The van der Waals surface area contributed by atoms with Crippen LogP contribution in [-0.2, 0) is 31.7 Å². The summed E-state index contributed by atoms with van der Waals surface area (Å²) in [6, 6.07) is 8.24. The van der Waals surface area contributed by atoms with Gasteiger partial charge in [-0.3, -0.25) is 4.79 Å². The molecule has 0 N–H and O–H groups in total. The molecular weight excluding hydrogens is 362 g/mol. The SMILES string of the molecule is CCOC(=O)C(C)Sc1nnc(CS(=O)(=O)c2ccccc2)n1CC. The predicted octanol–water partition coefficient (Wildman–Crippen LogP) is 2.32. The molecule has 0 amide bonds. The van der Waals surface area contributed by atoms with Gasteiger partial charge in [-0.25, -0.2) is 8.42 Å². The van der Waals surface area contributed by atoms with Crippen LogP contribution in [0.2, 0.25) is 0 Å². The third-order valence-electron chi connectivity index (χ3n) is 3.43. The van der Waals surface area contributed by atoms with E-state index >= 15 is 0 Å². The molecule has 1 aromatic carbocycles. The molecule has 0 radical (unpaired) electrons. The van der Waals surface area contributed by atoms with E-state index in [1.807, 2.05) is 6.92 Å². The van der Waals surface area contributed by atoms with E-state index in [2.05, 4.69) is 10.2 Å².